The van der Waals surface area contributed by atoms with Gasteiger partial charge in [-0.05, 0) is 0 Å². The van der Waals surface area contributed by atoms with Gasteiger partial charge in [0.25, 0.3) is 0 Å². The number of hydrogen-bond donors (Lipinski definition) is 0. The van der Waals surface area contributed by atoms with Crippen molar-refractivity contribution in [3.8, 4) is 0 Å². The molecule has 0 aromatic heterocycles. The van der Waals surface area contributed by atoms with Gasteiger partial charge >= 0.3 is 84.0 Å². The van der Waals surface area contributed by atoms with E-state index in [0.29, 0.717) is 0 Å². The quantitative estimate of drug-likeness (QED) is 0.291. The van der Waals surface area contributed by atoms with Gasteiger partial charge < -0.3 is 18.2 Å². The molecule has 0 spiro atoms. The summed E-state index contributed by atoms with van der Waals surface area (Å²) < 4.78 is 68.2. The molecule has 12 heteroatoms. The van der Waals surface area contributed by atoms with Crippen molar-refractivity contribution in [1.29, 1.82) is 0 Å². The first-order chi connectivity index (χ1) is 4.00. The van der Waals surface area contributed by atoms with Crippen LogP contribution in [0.4, 0.5) is 0 Å². The number of hydrogen-bond acceptors (Lipinski definition) is 8. The van der Waals surface area contributed by atoms with E-state index in [1.807, 2.05) is 0 Å². The molecule has 0 unspecified atom stereocenters. The zero-order valence-corrected chi connectivity index (χ0v) is 15.5. The van der Waals surface area contributed by atoms with Crippen LogP contribution in [0.5, 0.6) is 0 Å². The SMILES string of the molecule is O=S(=O)([O-])[O-].O=S(=O)([O-])[O-].[In+3].[Rb+]. The van der Waals surface area contributed by atoms with Crippen molar-refractivity contribution < 1.29 is 93.2 Å². The molecule has 64 valence electrons. The van der Waals surface area contributed by atoms with Gasteiger partial charge in [-0.1, -0.05) is 0 Å². The van der Waals surface area contributed by atoms with E-state index in [-0.39, 0.29) is 84.0 Å². The van der Waals surface area contributed by atoms with E-state index in [1.165, 1.54) is 0 Å². The van der Waals surface area contributed by atoms with E-state index < -0.39 is 20.8 Å². The van der Waals surface area contributed by atoms with Crippen LogP contribution in [0.1, 0.15) is 0 Å². The summed E-state index contributed by atoms with van der Waals surface area (Å²) in [4.78, 5) is 0. The predicted molar refractivity (Wildman–Crippen MR) is 26.7 cm³/mol. The summed E-state index contributed by atoms with van der Waals surface area (Å²) in [5.74, 6) is 0. The molecule has 0 N–H and O–H groups in total. The van der Waals surface area contributed by atoms with Crippen molar-refractivity contribution in [1.82, 2.24) is 0 Å². The van der Waals surface area contributed by atoms with Gasteiger partial charge in [-0.25, -0.2) is 0 Å². The molecule has 0 heterocycles. The van der Waals surface area contributed by atoms with Crippen molar-refractivity contribution in [2.75, 3.05) is 0 Å². The minimum Gasteiger partial charge on any atom is -0.759 e. The van der Waals surface area contributed by atoms with Gasteiger partial charge in [-0.3, -0.25) is 16.8 Å². The monoisotopic (exact) mass is 392 g/mol. The molecule has 0 aromatic carbocycles. The molecule has 0 fully saturated rings. The second-order valence-corrected chi connectivity index (χ2v) is 2.45. The molecule has 12 heavy (non-hydrogen) atoms. The summed E-state index contributed by atoms with van der Waals surface area (Å²) in [5.41, 5.74) is 0. The van der Waals surface area contributed by atoms with Gasteiger partial charge in [0.15, 0.2) is 0 Å². The van der Waals surface area contributed by atoms with Crippen LogP contribution in [0.3, 0.4) is 0 Å². The van der Waals surface area contributed by atoms with Crippen LogP contribution in [0.25, 0.3) is 0 Å². The minimum atomic E-state index is -5.17. The smallest absolute Gasteiger partial charge is 0.759 e. The molecule has 0 saturated heterocycles. The fourth-order valence-electron chi connectivity index (χ4n) is 0. The maximum absolute atomic E-state index is 8.52. The molecule has 0 radical (unpaired) electrons. The Bertz CT molecular complexity index is 213. The van der Waals surface area contributed by atoms with Crippen LogP contribution in [-0.2, 0) is 20.8 Å². The normalized spacial score (nSPS) is 9.67. The van der Waals surface area contributed by atoms with E-state index in [2.05, 4.69) is 0 Å². The summed E-state index contributed by atoms with van der Waals surface area (Å²) >= 11 is 0. The molecule has 8 nitrogen and oxygen atoms in total. The Morgan fingerprint density at radius 1 is 0.667 bits per heavy atom. The van der Waals surface area contributed by atoms with Crippen LogP contribution >= 0.6 is 0 Å². The van der Waals surface area contributed by atoms with Crippen LogP contribution in [0.15, 0.2) is 0 Å². The average molecular weight is 392 g/mol. The summed E-state index contributed by atoms with van der Waals surface area (Å²) in [6.45, 7) is 0. The van der Waals surface area contributed by atoms with Crippen molar-refractivity contribution >= 4 is 46.6 Å². The Kier molecular flexibility index (Phi) is 19.8. The Hall–Kier alpha value is 2.42. The van der Waals surface area contributed by atoms with Crippen molar-refractivity contribution in [3.63, 3.8) is 0 Å². The predicted octanol–water partition coefficient (Wildman–Crippen LogP) is -6.05. The first kappa shape index (κ1) is 23.9. The fourth-order valence-corrected chi connectivity index (χ4v) is 0. The summed E-state index contributed by atoms with van der Waals surface area (Å²) in [6, 6.07) is 0. The first-order valence-corrected chi connectivity index (χ1v) is 4.00. The molecule has 0 bridgehead atoms. The van der Waals surface area contributed by atoms with Gasteiger partial charge in [0.05, 0.1) is 0 Å². The van der Waals surface area contributed by atoms with Gasteiger partial charge in [-0.2, -0.15) is 0 Å². The third kappa shape index (κ3) is 277. The standard InChI is InChI=1S/In.2H2O4S.Rb/c;2*1-5(2,3)4;/h;2*(H2,1,2,3,4);/q+3;;;+1/p-4. The molecule has 0 aromatic rings. The maximum atomic E-state index is 8.52. The van der Waals surface area contributed by atoms with E-state index in [9.17, 15) is 0 Å². The van der Waals surface area contributed by atoms with Crippen LogP contribution < -0.4 is 58.2 Å². The summed E-state index contributed by atoms with van der Waals surface area (Å²) in [6.07, 6.45) is 0. The Balaban J connectivity index is -0.0000000457. The Morgan fingerprint density at radius 2 is 0.667 bits per heavy atom. The van der Waals surface area contributed by atoms with Crippen LogP contribution in [0.2, 0.25) is 0 Å². The van der Waals surface area contributed by atoms with E-state index in [0.717, 1.165) is 0 Å². The third-order valence-electron chi connectivity index (χ3n) is 0. The largest absolute Gasteiger partial charge is 3.00 e. The molecular weight excluding hydrogens is 392 g/mol. The van der Waals surface area contributed by atoms with E-state index >= 15 is 0 Å². The van der Waals surface area contributed by atoms with Crippen molar-refractivity contribution in [2.45, 2.75) is 0 Å². The van der Waals surface area contributed by atoms with Crippen LogP contribution in [0, 0.1) is 0 Å². The topological polar surface area (TPSA) is 161 Å². The molecule has 0 aliphatic heterocycles. The number of rotatable bonds is 0. The Labute approximate surface area is 137 Å². The molecule has 0 amide bonds. The molecule has 0 aliphatic rings. The van der Waals surface area contributed by atoms with Gasteiger partial charge in [0.1, 0.15) is 0 Å². The zero-order valence-electron chi connectivity index (χ0n) is 5.66. The Morgan fingerprint density at radius 3 is 0.667 bits per heavy atom. The summed E-state index contributed by atoms with van der Waals surface area (Å²) in [7, 11) is -10.3. The molecule has 0 aliphatic carbocycles. The first-order valence-electron chi connectivity index (χ1n) is 1.33. The van der Waals surface area contributed by atoms with Gasteiger partial charge in [0, 0.05) is 20.8 Å². The third-order valence-corrected chi connectivity index (χ3v) is 0. The van der Waals surface area contributed by atoms with Gasteiger partial charge in [-0.15, -0.1) is 0 Å². The molecule has 0 saturated carbocycles. The average Bonchev–Trinajstić information content (AvgIpc) is 1.12. The van der Waals surface area contributed by atoms with Crippen molar-refractivity contribution in [3.05, 3.63) is 0 Å². The zero-order chi connectivity index (χ0) is 9.00. The van der Waals surface area contributed by atoms with Crippen molar-refractivity contribution in [2.24, 2.45) is 0 Å². The fraction of sp³-hybridized carbons (Fsp3) is 0. The molecular formula is InO8RbS2. The second-order valence-electron chi connectivity index (χ2n) is 0.816. The van der Waals surface area contributed by atoms with E-state index in [1.54, 1.807) is 0 Å². The van der Waals surface area contributed by atoms with Gasteiger partial charge in [0.2, 0.25) is 0 Å². The van der Waals surface area contributed by atoms with Crippen LogP contribution in [-0.4, -0.2) is 60.9 Å². The van der Waals surface area contributed by atoms with E-state index in [4.69, 9.17) is 35.0 Å². The summed E-state index contributed by atoms with van der Waals surface area (Å²) in [5, 5.41) is 0. The maximum Gasteiger partial charge on any atom is 3.00 e. The molecule has 0 atom stereocenters. The minimum absolute atomic E-state index is 0. The molecule has 0 rings (SSSR count). The second kappa shape index (κ2) is 9.95.